The minimum atomic E-state index is 0.351. The molecule has 0 aromatic carbocycles. The van der Waals surface area contributed by atoms with E-state index >= 15 is 0 Å². The fourth-order valence-corrected chi connectivity index (χ4v) is 2.56. The van der Waals surface area contributed by atoms with Crippen LogP contribution >= 0.6 is 0 Å². The number of hydrogen-bond donors (Lipinski definition) is 2. The Hall–Kier alpha value is -0.770. The summed E-state index contributed by atoms with van der Waals surface area (Å²) in [5.41, 5.74) is 5.58. The summed E-state index contributed by atoms with van der Waals surface area (Å²) in [6, 6.07) is 1.13. The van der Waals surface area contributed by atoms with Crippen molar-refractivity contribution in [1.29, 1.82) is 0 Å². The molecule has 0 aromatic rings. The molecule has 15 heavy (non-hydrogen) atoms. The van der Waals surface area contributed by atoms with Crippen molar-refractivity contribution in [3.8, 4) is 0 Å². The van der Waals surface area contributed by atoms with Crippen molar-refractivity contribution in [2.45, 2.75) is 58.0 Å². The number of oxime groups is 1. The first kappa shape index (κ1) is 12.3. The van der Waals surface area contributed by atoms with Crippen LogP contribution in [0.15, 0.2) is 5.16 Å². The maximum atomic E-state index is 8.59. The quantitative estimate of drug-likeness (QED) is 0.317. The summed E-state index contributed by atoms with van der Waals surface area (Å²) in [7, 11) is 0. The lowest BCUT2D eigenvalue weighted by Gasteiger charge is -2.31. The first-order valence-electron chi connectivity index (χ1n) is 5.95. The van der Waals surface area contributed by atoms with Crippen molar-refractivity contribution in [3.63, 3.8) is 0 Å². The van der Waals surface area contributed by atoms with Crippen LogP contribution in [0.4, 0.5) is 0 Å². The zero-order valence-corrected chi connectivity index (χ0v) is 9.82. The van der Waals surface area contributed by atoms with E-state index in [1.54, 1.807) is 0 Å². The summed E-state index contributed by atoms with van der Waals surface area (Å²) in [5.74, 6) is 0.351. The fourth-order valence-electron chi connectivity index (χ4n) is 2.56. The SMILES string of the molecule is CCC1CCCN1C(CC)C/C(N)=N/O. The Bertz CT molecular complexity index is 218. The first-order valence-corrected chi connectivity index (χ1v) is 5.95. The van der Waals surface area contributed by atoms with Gasteiger partial charge in [0.25, 0.3) is 0 Å². The van der Waals surface area contributed by atoms with Gasteiger partial charge in [-0.1, -0.05) is 19.0 Å². The Kier molecular flexibility index (Phi) is 4.88. The Morgan fingerprint density at radius 1 is 1.60 bits per heavy atom. The molecule has 2 unspecified atom stereocenters. The lowest BCUT2D eigenvalue weighted by atomic mass is 10.1. The van der Waals surface area contributed by atoms with E-state index in [4.69, 9.17) is 10.9 Å². The van der Waals surface area contributed by atoms with Gasteiger partial charge in [-0.05, 0) is 32.2 Å². The normalized spacial score (nSPS) is 25.7. The third-order valence-electron chi connectivity index (χ3n) is 3.41. The van der Waals surface area contributed by atoms with Crippen molar-refractivity contribution in [2.24, 2.45) is 10.9 Å². The first-order chi connectivity index (χ1) is 7.22. The van der Waals surface area contributed by atoms with Crippen LogP contribution in [0.25, 0.3) is 0 Å². The number of nitrogens with two attached hydrogens (primary N) is 1. The van der Waals surface area contributed by atoms with Crippen LogP contribution in [0.5, 0.6) is 0 Å². The van der Waals surface area contributed by atoms with E-state index in [1.165, 1.54) is 19.3 Å². The molecule has 2 atom stereocenters. The van der Waals surface area contributed by atoms with Crippen molar-refractivity contribution in [2.75, 3.05) is 6.54 Å². The summed E-state index contributed by atoms with van der Waals surface area (Å²) < 4.78 is 0. The van der Waals surface area contributed by atoms with Crippen LogP contribution in [0.3, 0.4) is 0 Å². The molecule has 1 rings (SSSR count). The van der Waals surface area contributed by atoms with E-state index in [-0.39, 0.29) is 0 Å². The molecule has 0 aliphatic carbocycles. The molecule has 1 aliphatic rings. The van der Waals surface area contributed by atoms with Gasteiger partial charge in [-0.15, -0.1) is 0 Å². The van der Waals surface area contributed by atoms with Crippen molar-refractivity contribution >= 4 is 5.84 Å². The van der Waals surface area contributed by atoms with Crippen molar-refractivity contribution < 1.29 is 5.21 Å². The lowest BCUT2D eigenvalue weighted by molar-refractivity contribution is 0.173. The predicted octanol–water partition coefficient (Wildman–Crippen LogP) is 1.78. The van der Waals surface area contributed by atoms with E-state index in [9.17, 15) is 0 Å². The Morgan fingerprint density at radius 2 is 2.33 bits per heavy atom. The molecule has 1 heterocycles. The van der Waals surface area contributed by atoms with E-state index < -0.39 is 0 Å². The van der Waals surface area contributed by atoms with E-state index in [0.717, 1.165) is 13.0 Å². The van der Waals surface area contributed by atoms with Crippen LogP contribution in [-0.4, -0.2) is 34.6 Å². The number of hydrogen-bond acceptors (Lipinski definition) is 3. The third-order valence-corrected chi connectivity index (χ3v) is 3.41. The largest absolute Gasteiger partial charge is 0.409 e. The van der Waals surface area contributed by atoms with Gasteiger partial charge in [-0.3, -0.25) is 4.90 Å². The van der Waals surface area contributed by atoms with Crippen LogP contribution < -0.4 is 5.73 Å². The molecule has 4 nitrogen and oxygen atoms in total. The minimum Gasteiger partial charge on any atom is -0.409 e. The van der Waals surface area contributed by atoms with Crippen LogP contribution in [0.1, 0.15) is 46.0 Å². The maximum Gasteiger partial charge on any atom is 0.140 e. The Morgan fingerprint density at radius 3 is 2.87 bits per heavy atom. The van der Waals surface area contributed by atoms with Crippen LogP contribution in [0.2, 0.25) is 0 Å². The molecule has 0 amide bonds. The monoisotopic (exact) mass is 213 g/mol. The van der Waals surface area contributed by atoms with Crippen LogP contribution in [-0.2, 0) is 0 Å². The van der Waals surface area contributed by atoms with Crippen molar-refractivity contribution in [1.82, 2.24) is 4.90 Å². The highest BCUT2D eigenvalue weighted by Crippen LogP contribution is 2.25. The third kappa shape index (κ3) is 3.09. The lowest BCUT2D eigenvalue weighted by Crippen LogP contribution is -2.40. The summed E-state index contributed by atoms with van der Waals surface area (Å²) >= 11 is 0. The highest BCUT2D eigenvalue weighted by Gasteiger charge is 2.28. The molecular formula is C11H23N3O. The smallest absolute Gasteiger partial charge is 0.140 e. The highest BCUT2D eigenvalue weighted by molar-refractivity contribution is 5.80. The molecule has 1 fully saturated rings. The molecule has 1 saturated heterocycles. The van der Waals surface area contributed by atoms with E-state index in [0.29, 0.717) is 24.3 Å². The fraction of sp³-hybridized carbons (Fsp3) is 0.909. The van der Waals surface area contributed by atoms with Gasteiger partial charge < -0.3 is 10.9 Å². The standard InChI is InChI=1S/C11H23N3O/c1-3-9-6-5-7-14(9)10(4-2)8-11(12)13-15/h9-10,15H,3-8H2,1-2H3,(H2,12,13). The van der Waals surface area contributed by atoms with Gasteiger partial charge in [0.2, 0.25) is 0 Å². The predicted molar refractivity (Wildman–Crippen MR) is 62.1 cm³/mol. The van der Waals surface area contributed by atoms with Crippen molar-refractivity contribution in [3.05, 3.63) is 0 Å². The van der Waals surface area contributed by atoms with Gasteiger partial charge >= 0.3 is 0 Å². The highest BCUT2D eigenvalue weighted by atomic mass is 16.4. The summed E-state index contributed by atoms with van der Waals surface area (Å²) in [6.07, 6.45) is 5.53. The molecular weight excluding hydrogens is 190 g/mol. The van der Waals surface area contributed by atoms with Crippen LogP contribution in [0, 0.1) is 0 Å². The zero-order chi connectivity index (χ0) is 11.3. The molecule has 0 aromatic heterocycles. The van der Waals surface area contributed by atoms with Gasteiger partial charge in [-0.25, -0.2) is 0 Å². The van der Waals surface area contributed by atoms with E-state index in [1.807, 2.05) is 0 Å². The van der Waals surface area contributed by atoms with Gasteiger partial charge in [0, 0.05) is 18.5 Å². The molecule has 1 aliphatic heterocycles. The Balaban J connectivity index is 2.57. The average molecular weight is 213 g/mol. The molecule has 88 valence electrons. The molecule has 0 radical (unpaired) electrons. The number of likely N-dealkylation sites (tertiary alicyclic amines) is 1. The molecule has 0 spiro atoms. The van der Waals surface area contributed by atoms with Gasteiger partial charge in [-0.2, -0.15) is 0 Å². The van der Waals surface area contributed by atoms with Gasteiger partial charge in [0.05, 0.1) is 0 Å². The molecule has 3 N–H and O–H groups in total. The zero-order valence-electron chi connectivity index (χ0n) is 9.82. The number of rotatable bonds is 5. The second-order valence-corrected chi connectivity index (χ2v) is 4.30. The Labute approximate surface area is 92.1 Å². The number of nitrogens with zero attached hydrogens (tertiary/aromatic N) is 2. The summed E-state index contributed by atoms with van der Waals surface area (Å²) in [5, 5.41) is 11.7. The molecule has 4 heteroatoms. The molecule has 0 bridgehead atoms. The topological polar surface area (TPSA) is 61.8 Å². The summed E-state index contributed by atoms with van der Waals surface area (Å²) in [4.78, 5) is 2.53. The van der Waals surface area contributed by atoms with Gasteiger partial charge in [0.1, 0.15) is 5.84 Å². The average Bonchev–Trinajstić information content (AvgIpc) is 2.73. The van der Waals surface area contributed by atoms with E-state index in [2.05, 4.69) is 23.9 Å². The summed E-state index contributed by atoms with van der Waals surface area (Å²) in [6.45, 7) is 5.56. The maximum absolute atomic E-state index is 8.59. The second-order valence-electron chi connectivity index (χ2n) is 4.30. The molecule has 0 saturated carbocycles. The second kappa shape index (κ2) is 5.95. The number of amidine groups is 1. The minimum absolute atomic E-state index is 0.351. The van der Waals surface area contributed by atoms with Gasteiger partial charge in [0.15, 0.2) is 0 Å².